The smallest absolute Gasteiger partial charge is 0.269 e. The number of amides is 2. The van der Waals surface area contributed by atoms with E-state index in [9.17, 15) is 9.59 Å². The molecule has 0 radical (unpaired) electrons. The molecular weight excluding hydrogens is 414 g/mol. The molecule has 0 bridgehead atoms. The highest BCUT2D eigenvalue weighted by atomic mass is 16.5. The largest absolute Gasteiger partial charge is 0.457 e. The van der Waals surface area contributed by atoms with Crippen molar-refractivity contribution in [1.82, 2.24) is 10.3 Å². The van der Waals surface area contributed by atoms with Gasteiger partial charge < -0.3 is 15.4 Å². The van der Waals surface area contributed by atoms with Gasteiger partial charge in [0.05, 0.1) is 0 Å². The maximum Gasteiger partial charge on any atom is 0.269 e. The maximum atomic E-state index is 12.7. The molecule has 0 aliphatic rings. The van der Waals surface area contributed by atoms with Crippen molar-refractivity contribution in [3.63, 3.8) is 0 Å². The fraction of sp³-hybridized carbons (Fsp3) is 0.222. The van der Waals surface area contributed by atoms with E-state index in [1.165, 1.54) is 6.20 Å². The van der Waals surface area contributed by atoms with E-state index in [0.29, 0.717) is 17.1 Å². The number of pyridine rings is 1. The van der Waals surface area contributed by atoms with Gasteiger partial charge in [-0.15, -0.1) is 0 Å². The predicted octanol–water partition coefficient (Wildman–Crippen LogP) is 5.57. The molecule has 0 atom stereocenters. The summed E-state index contributed by atoms with van der Waals surface area (Å²) < 4.78 is 5.89. The van der Waals surface area contributed by atoms with E-state index in [1.807, 2.05) is 42.5 Å². The fourth-order valence-corrected chi connectivity index (χ4v) is 3.14. The number of benzene rings is 2. The second-order valence-electron chi connectivity index (χ2n) is 8.74. The summed E-state index contributed by atoms with van der Waals surface area (Å²) in [5.74, 6) is 0.630. The Labute approximate surface area is 194 Å². The van der Waals surface area contributed by atoms with Crippen LogP contribution in [-0.4, -0.2) is 23.8 Å². The molecule has 0 spiro atoms. The molecule has 0 aliphatic carbocycles. The predicted molar refractivity (Wildman–Crippen MR) is 132 cm³/mol. The van der Waals surface area contributed by atoms with Crippen molar-refractivity contribution < 1.29 is 14.3 Å². The Hall–Kier alpha value is -3.93. The highest BCUT2D eigenvalue weighted by molar-refractivity contribution is 6.06. The summed E-state index contributed by atoms with van der Waals surface area (Å²) in [7, 11) is 1.55. The third-order valence-corrected chi connectivity index (χ3v) is 5.01. The molecule has 0 saturated heterocycles. The van der Waals surface area contributed by atoms with Crippen LogP contribution >= 0.6 is 0 Å². The number of aromatic nitrogens is 1. The molecule has 0 unspecified atom stereocenters. The number of ether oxygens (including phenoxy) is 1. The molecule has 6 heteroatoms. The van der Waals surface area contributed by atoms with Gasteiger partial charge in [0.1, 0.15) is 17.2 Å². The van der Waals surface area contributed by atoms with E-state index in [1.54, 1.807) is 32.2 Å². The van der Waals surface area contributed by atoms with Gasteiger partial charge in [-0.25, -0.2) is 0 Å². The van der Waals surface area contributed by atoms with Crippen molar-refractivity contribution in [1.29, 1.82) is 0 Å². The lowest BCUT2D eigenvalue weighted by Crippen LogP contribution is -2.18. The summed E-state index contributed by atoms with van der Waals surface area (Å²) in [4.78, 5) is 28.5. The van der Waals surface area contributed by atoms with Crippen LogP contribution in [-0.2, 0) is 10.2 Å². The summed E-state index contributed by atoms with van der Waals surface area (Å²) in [5, 5.41) is 5.51. The molecule has 0 saturated carbocycles. The minimum Gasteiger partial charge on any atom is -0.457 e. The van der Waals surface area contributed by atoms with Crippen molar-refractivity contribution in [3.8, 4) is 11.5 Å². The van der Waals surface area contributed by atoms with Crippen LogP contribution in [0.2, 0.25) is 0 Å². The van der Waals surface area contributed by atoms with Crippen LogP contribution in [0.3, 0.4) is 0 Å². The molecule has 33 heavy (non-hydrogen) atoms. The first-order valence-corrected chi connectivity index (χ1v) is 10.7. The number of hydrogen-bond donors (Lipinski definition) is 2. The average Bonchev–Trinajstić information content (AvgIpc) is 2.78. The third kappa shape index (κ3) is 6.53. The van der Waals surface area contributed by atoms with Gasteiger partial charge in [0.2, 0.25) is 0 Å². The molecule has 0 fully saturated rings. The second kappa shape index (κ2) is 10.1. The van der Waals surface area contributed by atoms with Crippen molar-refractivity contribution in [3.05, 3.63) is 89.3 Å². The van der Waals surface area contributed by atoms with Gasteiger partial charge >= 0.3 is 0 Å². The number of carbonyl (C=O) groups excluding carboxylic acids is 2. The van der Waals surface area contributed by atoms with Gasteiger partial charge in [-0.05, 0) is 59.9 Å². The highest BCUT2D eigenvalue weighted by Crippen LogP contribution is 2.26. The first-order valence-electron chi connectivity index (χ1n) is 10.7. The summed E-state index contributed by atoms with van der Waals surface area (Å²) in [6.07, 6.45) is 3.32. The van der Waals surface area contributed by atoms with E-state index in [4.69, 9.17) is 4.74 Å². The van der Waals surface area contributed by atoms with Crippen LogP contribution in [0.15, 0.2) is 72.4 Å². The molecule has 3 aromatic rings. The SMILES string of the molecule is CNC(=O)c1cc(Oc2cccc(/C=C(\C)C(=O)Nc3cccc(C(C)(C)C)c3)c2)ccn1. The lowest BCUT2D eigenvalue weighted by Gasteiger charge is -2.20. The molecule has 3 rings (SSSR count). The molecular formula is C27H29N3O3. The molecule has 6 nitrogen and oxygen atoms in total. The average molecular weight is 444 g/mol. The van der Waals surface area contributed by atoms with Crippen molar-refractivity contribution >= 4 is 23.6 Å². The number of carbonyl (C=O) groups is 2. The maximum absolute atomic E-state index is 12.7. The van der Waals surface area contributed by atoms with Crippen molar-refractivity contribution in [2.75, 3.05) is 12.4 Å². The van der Waals surface area contributed by atoms with Crippen LogP contribution in [0, 0.1) is 0 Å². The number of rotatable bonds is 6. The monoisotopic (exact) mass is 443 g/mol. The van der Waals surface area contributed by atoms with Gasteiger partial charge in [0.25, 0.3) is 11.8 Å². The van der Waals surface area contributed by atoms with E-state index < -0.39 is 0 Å². The quantitative estimate of drug-likeness (QED) is 0.488. The zero-order chi connectivity index (χ0) is 24.0. The number of hydrogen-bond acceptors (Lipinski definition) is 4. The van der Waals surface area contributed by atoms with E-state index >= 15 is 0 Å². The summed E-state index contributed by atoms with van der Waals surface area (Å²) >= 11 is 0. The Balaban J connectivity index is 1.73. The van der Waals surface area contributed by atoms with Crippen LogP contribution in [0.5, 0.6) is 11.5 Å². The molecule has 0 aliphatic heterocycles. The van der Waals surface area contributed by atoms with Crippen LogP contribution in [0.1, 0.15) is 49.3 Å². The molecule has 2 aromatic carbocycles. The number of anilines is 1. The van der Waals surface area contributed by atoms with Crippen molar-refractivity contribution in [2.45, 2.75) is 33.1 Å². The summed E-state index contributed by atoms with van der Waals surface area (Å²) in [6.45, 7) is 8.19. The number of nitrogens with zero attached hydrogens (tertiary/aromatic N) is 1. The third-order valence-electron chi connectivity index (χ3n) is 5.01. The summed E-state index contributed by atoms with van der Waals surface area (Å²) in [5.41, 5.74) is 3.59. The van der Waals surface area contributed by atoms with Crippen molar-refractivity contribution in [2.24, 2.45) is 0 Å². The first-order chi connectivity index (χ1) is 15.7. The molecule has 2 N–H and O–H groups in total. The van der Waals surface area contributed by atoms with Gasteiger partial charge in [-0.1, -0.05) is 45.0 Å². The first kappa shape index (κ1) is 23.7. The number of nitrogens with one attached hydrogen (secondary N) is 2. The van der Waals surface area contributed by atoms with Gasteiger partial charge in [-0.3, -0.25) is 14.6 Å². The minimum atomic E-state index is -0.285. The topological polar surface area (TPSA) is 80.3 Å². The van der Waals surface area contributed by atoms with E-state index in [2.05, 4.69) is 42.5 Å². The van der Waals surface area contributed by atoms with E-state index in [-0.39, 0.29) is 22.9 Å². The van der Waals surface area contributed by atoms with Gasteiger partial charge in [0, 0.05) is 30.6 Å². The lowest BCUT2D eigenvalue weighted by molar-refractivity contribution is -0.112. The Morgan fingerprint density at radius 3 is 2.42 bits per heavy atom. The Bertz CT molecular complexity index is 1190. The zero-order valence-corrected chi connectivity index (χ0v) is 19.6. The Kier molecular flexibility index (Phi) is 7.28. The highest BCUT2D eigenvalue weighted by Gasteiger charge is 2.14. The van der Waals surface area contributed by atoms with Gasteiger partial charge in [0.15, 0.2) is 0 Å². The van der Waals surface area contributed by atoms with Crippen LogP contribution < -0.4 is 15.4 Å². The van der Waals surface area contributed by atoms with Gasteiger partial charge in [-0.2, -0.15) is 0 Å². The normalized spacial score (nSPS) is 11.6. The standard InChI is InChI=1S/C27H29N3O3/c1-18(25(31)30-21-10-7-9-20(16-21)27(2,3)4)14-19-8-6-11-22(15-19)33-23-12-13-29-24(17-23)26(32)28-5/h6-17H,1-5H3,(H,28,32)(H,30,31)/b18-14+. The van der Waals surface area contributed by atoms with E-state index in [0.717, 1.165) is 16.8 Å². The molecule has 170 valence electrons. The van der Waals surface area contributed by atoms with Crippen LogP contribution in [0.4, 0.5) is 5.69 Å². The fourth-order valence-electron chi connectivity index (χ4n) is 3.14. The Morgan fingerprint density at radius 1 is 0.970 bits per heavy atom. The second-order valence-corrected chi connectivity index (χ2v) is 8.74. The molecule has 1 aromatic heterocycles. The summed E-state index contributed by atoms with van der Waals surface area (Å²) in [6, 6.07) is 18.5. The lowest BCUT2D eigenvalue weighted by atomic mass is 9.87. The minimum absolute atomic E-state index is 0.00197. The molecule has 1 heterocycles. The Morgan fingerprint density at radius 2 is 1.70 bits per heavy atom. The molecule has 2 amide bonds. The zero-order valence-electron chi connectivity index (χ0n) is 19.6. The van der Waals surface area contributed by atoms with Crippen LogP contribution in [0.25, 0.3) is 6.08 Å².